The summed E-state index contributed by atoms with van der Waals surface area (Å²) in [6.45, 7) is 3.28. The van der Waals surface area contributed by atoms with Crippen LogP contribution in [-0.4, -0.2) is 20.2 Å². The SMILES string of the molecule is CC(=O)c1cnc2nc(C)c(Cl)n2c1. The molecule has 2 heterocycles. The van der Waals surface area contributed by atoms with Gasteiger partial charge in [0.2, 0.25) is 5.78 Å². The van der Waals surface area contributed by atoms with Crippen LogP contribution < -0.4 is 0 Å². The van der Waals surface area contributed by atoms with Crippen LogP contribution in [0, 0.1) is 6.92 Å². The van der Waals surface area contributed by atoms with Gasteiger partial charge in [0.1, 0.15) is 5.15 Å². The summed E-state index contributed by atoms with van der Waals surface area (Å²) >= 11 is 5.97. The summed E-state index contributed by atoms with van der Waals surface area (Å²) in [6, 6.07) is 0. The lowest BCUT2D eigenvalue weighted by molar-refractivity contribution is 0.101. The molecule has 2 aromatic rings. The summed E-state index contributed by atoms with van der Waals surface area (Å²) in [6.07, 6.45) is 3.15. The van der Waals surface area contributed by atoms with Crippen LogP contribution in [0.25, 0.3) is 5.78 Å². The first-order valence-corrected chi connectivity index (χ1v) is 4.48. The molecule has 14 heavy (non-hydrogen) atoms. The van der Waals surface area contributed by atoms with Crippen molar-refractivity contribution in [3.8, 4) is 0 Å². The number of hydrogen-bond acceptors (Lipinski definition) is 3. The third-order valence-electron chi connectivity index (χ3n) is 1.99. The molecule has 0 aliphatic heterocycles. The van der Waals surface area contributed by atoms with Crippen molar-refractivity contribution in [3.05, 3.63) is 28.8 Å². The number of carbonyl (C=O) groups is 1. The average molecular weight is 210 g/mol. The number of aromatic nitrogens is 3. The van der Waals surface area contributed by atoms with E-state index in [0.29, 0.717) is 22.2 Å². The van der Waals surface area contributed by atoms with Gasteiger partial charge in [0.25, 0.3) is 0 Å². The zero-order valence-electron chi connectivity index (χ0n) is 7.78. The normalized spacial score (nSPS) is 10.8. The Morgan fingerprint density at radius 3 is 2.93 bits per heavy atom. The molecule has 72 valence electrons. The van der Waals surface area contributed by atoms with Crippen molar-refractivity contribution in [3.63, 3.8) is 0 Å². The molecule has 0 aliphatic rings. The van der Waals surface area contributed by atoms with E-state index in [2.05, 4.69) is 9.97 Å². The van der Waals surface area contributed by atoms with Crippen LogP contribution in [0.3, 0.4) is 0 Å². The molecule has 0 bridgehead atoms. The standard InChI is InChI=1S/C9H8ClN3O/c1-5-8(10)13-4-7(6(2)14)3-11-9(13)12-5/h3-4H,1-2H3. The van der Waals surface area contributed by atoms with Crippen LogP contribution in [0.2, 0.25) is 5.15 Å². The molecule has 2 aromatic heterocycles. The van der Waals surface area contributed by atoms with E-state index in [1.54, 1.807) is 17.5 Å². The van der Waals surface area contributed by atoms with Crippen molar-refractivity contribution in [2.45, 2.75) is 13.8 Å². The van der Waals surface area contributed by atoms with Crippen molar-refractivity contribution in [1.82, 2.24) is 14.4 Å². The van der Waals surface area contributed by atoms with Gasteiger partial charge in [-0.2, -0.15) is 0 Å². The van der Waals surface area contributed by atoms with E-state index >= 15 is 0 Å². The summed E-state index contributed by atoms with van der Waals surface area (Å²) in [5, 5.41) is 0.496. The van der Waals surface area contributed by atoms with Crippen molar-refractivity contribution in [1.29, 1.82) is 0 Å². The first kappa shape index (κ1) is 9.15. The fourth-order valence-corrected chi connectivity index (χ4v) is 1.37. The molecule has 4 nitrogen and oxygen atoms in total. The highest BCUT2D eigenvalue weighted by atomic mass is 35.5. The molecule has 0 amide bonds. The van der Waals surface area contributed by atoms with Gasteiger partial charge < -0.3 is 0 Å². The first-order valence-electron chi connectivity index (χ1n) is 4.10. The number of aryl methyl sites for hydroxylation is 1. The summed E-state index contributed by atoms with van der Waals surface area (Å²) in [7, 11) is 0. The number of fused-ring (bicyclic) bond motifs is 1. The molecule has 0 saturated carbocycles. The second kappa shape index (κ2) is 3.06. The topological polar surface area (TPSA) is 47.3 Å². The predicted molar refractivity (Wildman–Crippen MR) is 52.7 cm³/mol. The number of carbonyl (C=O) groups excluding carboxylic acids is 1. The summed E-state index contributed by atoms with van der Waals surface area (Å²) in [5.74, 6) is 0.472. The predicted octanol–water partition coefficient (Wildman–Crippen LogP) is 1.89. The summed E-state index contributed by atoms with van der Waals surface area (Å²) < 4.78 is 1.60. The van der Waals surface area contributed by atoms with Crippen molar-refractivity contribution >= 4 is 23.2 Å². The molecular weight excluding hydrogens is 202 g/mol. The first-order chi connectivity index (χ1) is 6.59. The minimum atomic E-state index is -0.0400. The van der Waals surface area contributed by atoms with E-state index in [1.807, 2.05) is 0 Å². The molecule has 0 radical (unpaired) electrons. The number of nitrogens with zero attached hydrogens (tertiary/aromatic N) is 3. The molecule has 0 atom stereocenters. The zero-order chi connectivity index (χ0) is 10.3. The number of Topliss-reactive ketones (excluding diaryl/α,β-unsaturated/α-hetero) is 1. The minimum absolute atomic E-state index is 0.0400. The summed E-state index contributed by atoms with van der Waals surface area (Å²) in [4.78, 5) is 19.2. The van der Waals surface area contributed by atoms with Gasteiger partial charge in [-0.3, -0.25) is 9.20 Å². The Labute approximate surface area is 85.5 Å². The van der Waals surface area contributed by atoms with Gasteiger partial charge in [0.05, 0.1) is 11.3 Å². The molecule has 2 rings (SSSR count). The molecule has 0 aliphatic carbocycles. The molecular formula is C9H8ClN3O. The van der Waals surface area contributed by atoms with Gasteiger partial charge in [-0.25, -0.2) is 9.97 Å². The van der Waals surface area contributed by atoms with Crippen LogP contribution in [0.15, 0.2) is 12.4 Å². The van der Waals surface area contributed by atoms with Crippen LogP contribution in [0.5, 0.6) is 0 Å². The van der Waals surface area contributed by atoms with Crippen molar-refractivity contribution in [2.75, 3.05) is 0 Å². The Kier molecular flexibility index (Phi) is 2.00. The van der Waals surface area contributed by atoms with Crippen LogP contribution >= 0.6 is 11.6 Å². The van der Waals surface area contributed by atoms with E-state index in [0.717, 1.165) is 0 Å². The highest BCUT2D eigenvalue weighted by molar-refractivity contribution is 6.30. The monoisotopic (exact) mass is 209 g/mol. The lowest BCUT2D eigenvalue weighted by Gasteiger charge is -1.97. The minimum Gasteiger partial charge on any atom is -0.294 e. The van der Waals surface area contributed by atoms with Crippen LogP contribution in [-0.2, 0) is 0 Å². The van der Waals surface area contributed by atoms with Gasteiger partial charge in [-0.15, -0.1) is 0 Å². The van der Waals surface area contributed by atoms with Gasteiger partial charge in [0, 0.05) is 12.4 Å². The van der Waals surface area contributed by atoms with E-state index in [-0.39, 0.29) is 5.78 Å². The largest absolute Gasteiger partial charge is 0.294 e. The lowest BCUT2D eigenvalue weighted by atomic mass is 10.2. The summed E-state index contributed by atoms with van der Waals surface area (Å²) in [5.41, 5.74) is 1.23. The molecule has 0 aromatic carbocycles. The number of halogens is 1. The fourth-order valence-electron chi connectivity index (χ4n) is 1.20. The van der Waals surface area contributed by atoms with Gasteiger partial charge >= 0.3 is 0 Å². The molecule has 0 unspecified atom stereocenters. The molecule has 0 saturated heterocycles. The Hall–Kier alpha value is -1.42. The molecule has 0 fully saturated rings. The molecule has 5 heteroatoms. The third-order valence-corrected chi connectivity index (χ3v) is 2.44. The van der Waals surface area contributed by atoms with Gasteiger partial charge in [-0.05, 0) is 13.8 Å². The Morgan fingerprint density at radius 2 is 2.29 bits per heavy atom. The van der Waals surface area contributed by atoms with Crippen LogP contribution in [0.4, 0.5) is 0 Å². The van der Waals surface area contributed by atoms with Gasteiger partial charge in [-0.1, -0.05) is 11.6 Å². The number of ketones is 1. The quantitative estimate of drug-likeness (QED) is 0.674. The van der Waals surface area contributed by atoms with Crippen molar-refractivity contribution < 1.29 is 4.79 Å². The second-order valence-electron chi connectivity index (χ2n) is 3.06. The van der Waals surface area contributed by atoms with E-state index in [1.165, 1.54) is 13.1 Å². The maximum atomic E-state index is 11.1. The maximum absolute atomic E-state index is 11.1. The third kappa shape index (κ3) is 1.28. The second-order valence-corrected chi connectivity index (χ2v) is 3.41. The number of imidazole rings is 1. The van der Waals surface area contributed by atoms with E-state index < -0.39 is 0 Å². The number of hydrogen-bond donors (Lipinski definition) is 0. The molecule has 0 N–H and O–H groups in total. The Bertz CT molecular complexity index is 518. The fraction of sp³-hybridized carbons (Fsp3) is 0.222. The Balaban J connectivity index is 2.76. The average Bonchev–Trinajstić information content (AvgIpc) is 2.43. The zero-order valence-corrected chi connectivity index (χ0v) is 8.54. The van der Waals surface area contributed by atoms with Crippen molar-refractivity contribution in [2.24, 2.45) is 0 Å². The number of rotatable bonds is 1. The van der Waals surface area contributed by atoms with E-state index in [9.17, 15) is 4.79 Å². The highest BCUT2D eigenvalue weighted by Gasteiger charge is 2.08. The van der Waals surface area contributed by atoms with E-state index in [4.69, 9.17) is 11.6 Å². The van der Waals surface area contributed by atoms with Crippen LogP contribution in [0.1, 0.15) is 23.0 Å². The lowest BCUT2D eigenvalue weighted by Crippen LogP contribution is -1.97. The smallest absolute Gasteiger partial charge is 0.235 e. The highest BCUT2D eigenvalue weighted by Crippen LogP contribution is 2.16. The Morgan fingerprint density at radius 1 is 1.57 bits per heavy atom. The maximum Gasteiger partial charge on any atom is 0.235 e. The van der Waals surface area contributed by atoms with Gasteiger partial charge in [0.15, 0.2) is 5.78 Å². The molecule has 0 spiro atoms.